The van der Waals surface area contributed by atoms with E-state index in [4.69, 9.17) is 22.1 Å². The second kappa shape index (κ2) is 6.07. The molecule has 0 unspecified atom stereocenters. The third kappa shape index (κ3) is 3.00. The van der Waals surface area contributed by atoms with Crippen LogP contribution in [0, 0.1) is 5.82 Å². The Morgan fingerprint density at radius 3 is 2.85 bits per heavy atom. The number of nitrogens with two attached hydrogens (primary N) is 1. The standard InChI is InChI=1S/C14H14ClFN2O2/c1-18-7-14(13(19)5-9(18)6-17)20-8-10-11(15)3-2-4-12(10)16/h2-5,7H,6,8,17H2,1H3/p+1. The van der Waals surface area contributed by atoms with E-state index in [2.05, 4.69) is 0 Å². The Kier molecular flexibility index (Phi) is 4.42. The third-order valence-corrected chi connectivity index (χ3v) is 3.32. The fraction of sp³-hybridized carbons (Fsp3) is 0.214. The summed E-state index contributed by atoms with van der Waals surface area (Å²) in [5.74, 6) is -0.250. The molecule has 0 bridgehead atoms. The lowest BCUT2D eigenvalue weighted by Gasteiger charge is -2.09. The molecule has 0 radical (unpaired) electrons. The van der Waals surface area contributed by atoms with Crippen LogP contribution in [0.2, 0.25) is 5.02 Å². The van der Waals surface area contributed by atoms with Crippen molar-refractivity contribution in [1.29, 1.82) is 0 Å². The molecule has 0 saturated heterocycles. The minimum absolute atomic E-state index is 0.0454. The lowest BCUT2D eigenvalue weighted by molar-refractivity contribution is -0.679. The van der Waals surface area contributed by atoms with E-state index in [1.807, 2.05) is 0 Å². The first-order chi connectivity index (χ1) is 9.52. The Bertz CT molecular complexity index is 615. The Labute approximate surface area is 121 Å². The van der Waals surface area contributed by atoms with Crippen LogP contribution in [-0.2, 0) is 20.2 Å². The van der Waals surface area contributed by atoms with Crippen LogP contribution in [0.4, 0.5) is 4.39 Å². The number of nitrogens with zero attached hydrogens (tertiary/aromatic N) is 1. The predicted octanol–water partition coefficient (Wildman–Crippen LogP) is 2.05. The van der Waals surface area contributed by atoms with Crippen LogP contribution in [0.25, 0.3) is 0 Å². The lowest BCUT2D eigenvalue weighted by Crippen LogP contribution is -2.34. The highest BCUT2D eigenvalue weighted by molar-refractivity contribution is 6.31. The van der Waals surface area contributed by atoms with Crippen molar-refractivity contribution >= 4 is 11.6 Å². The fourth-order valence-electron chi connectivity index (χ4n) is 1.79. The zero-order valence-corrected chi connectivity index (χ0v) is 11.7. The van der Waals surface area contributed by atoms with E-state index in [9.17, 15) is 9.50 Å². The maximum atomic E-state index is 13.6. The van der Waals surface area contributed by atoms with Gasteiger partial charge in [0.15, 0.2) is 11.4 Å². The van der Waals surface area contributed by atoms with Crippen molar-refractivity contribution in [2.45, 2.75) is 13.2 Å². The smallest absolute Gasteiger partial charge is 0.226 e. The minimum Gasteiger partial charge on any atom is -0.504 e. The van der Waals surface area contributed by atoms with Crippen molar-refractivity contribution in [1.82, 2.24) is 0 Å². The number of rotatable bonds is 4. The fourth-order valence-corrected chi connectivity index (χ4v) is 2.01. The SMILES string of the molecule is C[n+]1cc(OCc2c(F)cccc2Cl)c(O)cc1CN. The zero-order chi connectivity index (χ0) is 14.7. The molecule has 2 rings (SSSR count). The van der Waals surface area contributed by atoms with Crippen LogP contribution in [0.1, 0.15) is 11.3 Å². The molecule has 0 spiro atoms. The summed E-state index contributed by atoms with van der Waals surface area (Å²) in [6, 6.07) is 5.93. The normalized spacial score (nSPS) is 10.6. The summed E-state index contributed by atoms with van der Waals surface area (Å²) in [7, 11) is 1.78. The average molecular weight is 298 g/mol. The van der Waals surface area contributed by atoms with Gasteiger partial charge < -0.3 is 15.6 Å². The summed E-state index contributed by atoms with van der Waals surface area (Å²) >= 11 is 5.91. The van der Waals surface area contributed by atoms with Crippen LogP contribution in [0.5, 0.6) is 11.5 Å². The van der Waals surface area contributed by atoms with Crippen molar-refractivity contribution in [3.63, 3.8) is 0 Å². The molecule has 0 aliphatic heterocycles. The number of hydrogen-bond donors (Lipinski definition) is 2. The molecule has 0 amide bonds. The van der Waals surface area contributed by atoms with Gasteiger partial charge >= 0.3 is 0 Å². The maximum Gasteiger partial charge on any atom is 0.226 e. The number of aromatic hydroxyl groups is 1. The Morgan fingerprint density at radius 2 is 2.20 bits per heavy atom. The van der Waals surface area contributed by atoms with E-state index in [0.29, 0.717) is 6.54 Å². The first kappa shape index (κ1) is 14.6. The van der Waals surface area contributed by atoms with E-state index in [0.717, 1.165) is 5.69 Å². The second-order valence-corrected chi connectivity index (χ2v) is 4.73. The molecule has 6 heteroatoms. The van der Waals surface area contributed by atoms with Crippen molar-refractivity contribution in [3.05, 3.63) is 52.6 Å². The molecule has 4 nitrogen and oxygen atoms in total. The molecule has 1 aromatic heterocycles. The minimum atomic E-state index is -0.444. The number of halogens is 2. The van der Waals surface area contributed by atoms with Crippen molar-refractivity contribution < 1.29 is 18.8 Å². The highest BCUT2D eigenvalue weighted by Crippen LogP contribution is 2.27. The Balaban J connectivity index is 2.21. The first-order valence-electron chi connectivity index (χ1n) is 6.00. The van der Waals surface area contributed by atoms with Crippen LogP contribution in [0.3, 0.4) is 0 Å². The summed E-state index contributed by atoms with van der Waals surface area (Å²) in [6.07, 6.45) is 1.59. The molecular weight excluding hydrogens is 283 g/mol. The molecule has 0 aliphatic carbocycles. The van der Waals surface area contributed by atoms with E-state index in [-0.39, 0.29) is 28.7 Å². The number of aromatic nitrogens is 1. The monoisotopic (exact) mass is 297 g/mol. The van der Waals surface area contributed by atoms with Gasteiger partial charge in [-0.3, -0.25) is 0 Å². The topological polar surface area (TPSA) is 59.4 Å². The maximum absolute atomic E-state index is 13.6. The van der Waals surface area contributed by atoms with Crippen molar-refractivity contribution in [2.75, 3.05) is 0 Å². The van der Waals surface area contributed by atoms with Gasteiger partial charge in [-0.1, -0.05) is 17.7 Å². The van der Waals surface area contributed by atoms with E-state index in [1.54, 1.807) is 23.9 Å². The quantitative estimate of drug-likeness (QED) is 0.849. The largest absolute Gasteiger partial charge is 0.504 e. The Hall–Kier alpha value is -1.85. The van der Waals surface area contributed by atoms with E-state index < -0.39 is 5.82 Å². The zero-order valence-electron chi connectivity index (χ0n) is 10.9. The van der Waals surface area contributed by atoms with E-state index in [1.165, 1.54) is 18.2 Å². The van der Waals surface area contributed by atoms with Gasteiger partial charge in [0.1, 0.15) is 19.5 Å². The van der Waals surface area contributed by atoms with Gasteiger partial charge in [0.2, 0.25) is 11.9 Å². The summed E-state index contributed by atoms with van der Waals surface area (Å²) in [6.45, 7) is 0.227. The Morgan fingerprint density at radius 1 is 1.45 bits per heavy atom. The number of pyridine rings is 1. The van der Waals surface area contributed by atoms with Crippen LogP contribution in [-0.4, -0.2) is 5.11 Å². The van der Waals surface area contributed by atoms with Crippen molar-refractivity contribution in [3.8, 4) is 11.5 Å². The van der Waals surface area contributed by atoms with Gasteiger partial charge in [0.25, 0.3) is 0 Å². The molecule has 106 valence electrons. The highest BCUT2D eigenvalue weighted by Gasteiger charge is 2.15. The summed E-state index contributed by atoms with van der Waals surface area (Å²) in [5, 5.41) is 10.1. The molecule has 20 heavy (non-hydrogen) atoms. The number of ether oxygens (including phenoxy) is 1. The van der Waals surface area contributed by atoms with Crippen LogP contribution >= 0.6 is 11.6 Å². The molecular formula is C14H15ClFN2O2+. The van der Waals surface area contributed by atoms with Gasteiger partial charge in [0, 0.05) is 5.56 Å². The molecule has 1 aromatic carbocycles. The summed E-state index contributed by atoms with van der Waals surface area (Å²) in [5.41, 5.74) is 6.53. The van der Waals surface area contributed by atoms with Gasteiger partial charge in [0.05, 0.1) is 17.6 Å². The highest BCUT2D eigenvalue weighted by atomic mass is 35.5. The van der Waals surface area contributed by atoms with Gasteiger partial charge in [-0.15, -0.1) is 0 Å². The summed E-state index contributed by atoms with van der Waals surface area (Å²) < 4.78 is 20.8. The van der Waals surface area contributed by atoms with Gasteiger partial charge in [-0.05, 0) is 12.1 Å². The lowest BCUT2D eigenvalue weighted by atomic mass is 10.2. The molecule has 0 fully saturated rings. The molecule has 1 heterocycles. The average Bonchev–Trinajstić information content (AvgIpc) is 2.41. The van der Waals surface area contributed by atoms with E-state index >= 15 is 0 Å². The molecule has 0 atom stereocenters. The molecule has 3 N–H and O–H groups in total. The molecule has 0 saturated carbocycles. The van der Waals surface area contributed by atoms with Crippen molar-refractivity contribution in [2.24, 2.45) is 12.8 Å². The second-order valence-electron chi connectivity index (χ2n) is 4.32. The van der Waals surface area contributed by atoms with Crippen LogP contribution < -0.4 is 15.0 Å². The molecule has 0 aliphatic rings. The first-order valence-corrected chi connectivity index (χ1v) is 6.38. The number of benzene rings is 1. The number of hydrogen-bond acceptors (Lipinski definition) is 3. The number of aryl methyl sites for hydroxylation is 1. The predicted molar refractivity (Wildman–Crippen MR) is 72.9 cm³/mol. The van der Waals surface area contributed by atoms with Crippen LogP contribution in [0.15, 0.2) is 30.5 Å². The third-order valence-electron chi connectivity index (χ3n) is 2.96. The van der Waals surface area contributed by atoms with Gasteiger partial charge in [-0.2, -0.15) is 0 Å². The van der Waals surface area contributed by atoms with Gasteiger partial charge in [-0.25, -0.2) is 8.96 Å². The summed E-state index contributed by atoms with van der Waals surface area (Å²) in [4.78, 5) is 0. The molecule has 2 aromatic rings.